The second-order valence-corrected chi connectivity index (χ2v) is 10.8. The molecule has 216 valence electrons. The van der Waals surface area contributed by atoms with E-state index in [9.17, 15) is 9.59 Å². The number of allylic oxidation sites excluding steroid dienone is 1. The number of rotatable bonds is 9. The molecule has 2 heterocycles. The Hall–Kier alpha value is -4.34. The first kappa shape index (κ1) is 29.2. The highest BCUT2D eigenvalue weighted by Crippen LogP contribution is 2.37. The van der Waals surface area contributed by atoms with Gasteiger partial charge in [0, 0.05) is 10.6 Å². The molecule has 0 saturated heterocycles. The number of methoxy groups -OCH3 is 2. The zero-order chi connectivity index (χ0) is 29.8. The Kier molecular flexibility index (Phi) is 8.80. The molecule has 3 aromatic carbocycles. The third-order valence-electron chi connectivity index (χ3n) is 6.72. The van der Waals surface area contributed by atoms with Crippen LogP contribution < -0.4 is 29.1 Å². The van der Waals surface area contributed by atoms with Crippen LogP contribution in [0.1, 0.15) is 36.6 Å². The Morgan fingerprint density at radius 1 is 1.05 bits per heavy atom. The fourth-order valence-corrected chi connectivity index (χ4v) is 5.90. The molecule has 0 fully saturated rings. The van der Waals surface area contributed by atoms with Crippen molar-refractivity contribution >= 4 is 35.0 Å². The molecular formula is C32H29ClN2O6S. The summed E-state index contributed by atoms with van der Waals surface area (Å²) in [5, 5.41) is 0.666. The maximum Gasteiger partial charge on any atom is 0.338 e. The summed E-state index contributed by atoms with van der Waals surface area (Å²) in [6, 6.07) is 19.4. The van der Waals surface area contributed by atoms with Crippen LogP contribution in [0.25, 0.3) is 6.08 Å². The lowest BCUT2D eigenvalue weighted by atomic mass is 9.94. The van der Waals surface area contributed by atoms with Gasteiger partial charge in [-0.25, -0.2) is 9.79 Å². The molecule has 0 bridgehead atoms. The minimum atomic E-state index is -0.832. The van der Waals surface area contributed by atoms with Gasteiger partial charge in [0.1, 0.15) is 29.9 Å². The molecule has 0 radical (unpaired) electrons. The highest BCUT2D eigenvalue weighted by Gasteiger charge is 2.35. The Bertz CT molecular complexity index is 1840. The number of esters is 1. The molecular weight excluding hydrogens is 576 g/mol. The lowest BCUT2D eigenvalue weighted by molar-refractivity contribution is -0.139. The average Bonchev–Trinajstić information content (AvgIpc) is 3.29. The molecule has 5 rings (SSSR count). The van der Waals surface area contributed by atoms with Crippen molar-refractivity contribution in [3.05, 3.63) is 119 Å². The summed E-state index contributed by atoms with van der Waals surface area (Å²) >= 11 is 7.22. The number of aromatic nitrogens is 1. The topological polar surface area (TPSA) is 88.4 Å². The van der Waals surface area contributed by atoms with Crippen molar-refractivity contribution in [1.29, 1.82) is 0 Å². The maximum atomic E-state index is 14.0. The number of hydrogen-bond acceptors (Lipinski definition) is 8. The summed E-state index contributed by atoms with van der Waals surface area (Å²) < 4.78 is 24.5. The number of fused-ring (bicyclic) bond motifs is 1. The zero-order valence-corrected chi connectivity index (χ0v) is 25.1. The number of carbonyl (C=O) groups excluding carboxylic acids is 1. The summed E-state index contributed by atoms with van der Waals surface area (Å²) in [7, 11) is 3.09. The number of carbonyl (C=O) groups is 1. The first-order chi connectivity index (χ1) is 20.3. The van der Waals surface area contributed by atoms with E-state index < -0.39 is 12.0 Å². The molecule has 0 spiro atoms. The van der Waals surface area contributed by atoms with Crippen molar-refractivity contribution in [3.63, 3.8) is 0 Å². The van der Waals surface area contributed by atoms with Crippen molar-refractivity contribution < 1.29 is 23.7 Å². The lowest BCUT2D eigenvalue weighted by Gasteiger charge is -2.26. The molecule has 4 aromatic rings. The minimum Gasteiger partial charge on any atom is -0.497 e. The number of thiazole rings is 1. The minimum absolute atomic E-state index is 0.179. The second kappa shape index (κ2) is 12.7. The van der Waals surface area contributed by atoms with Crippen LogP contribution in [0.15, 0.2) is 87.8 Å². The smallest absolute Gasteiger partial charge is 0.338 e. The summed E-state index contributed by atoms with van der Waals surface area (Å²) in [5.74, 6) is 1.16. The Morgan fingerprint density at radius 3 is 2.55 bits per heavy atom. The van der Waals surface area contributed by atoms with Gasteiger partial charge in [0.05, 0.1) is 36.6 Å². The van der Waals surface area contributed by atoms with Gasteiger partial charge in [0.15, 0.2) is 4.80 Å². The first-order valence-corrected chi connectivity index (χ1v) is 14.4. The van der Waals surface area contributed by atoms with E-state index in [-0.39, 0.29) is 17.7 Å². The fourth-order valence-electron chi connectivity index (χ4n) is 4.73. The lowest BCUT2D eigenvalue weighted by Crippen LogP contribution is -2.40. The van der Waals surface area contributed by atoms with Crippen LogP contribution in [-0.2, 0) is 16.1 Å². The van der Waals surface area contributed by atoms with E-state index in [4.69, 9.17) is 30.5 Å². The van der Waals surface area contributed by atoms with Gasteiger partial charge in [0.2, 0.25) is 0 Å². The predicted molar refractivity (Wildman–Crippen MR) is 162 cm³/mol. The van der Waals surface area contributed by atoms with Gasteiger partial charge in [-0.3, -0.25) is 9.36 Å². The number of halogens is 1. The Morgan fingerprint density at radius 2 is 1.83 bits per heavy atom. The van der Waals surface area contributed by atoms with E-state index in [0.717, 1.165) is 11.1 Å². The van der Waals surface area contributed by atoms with Gasteiger partial charge < -0.3 is 18.9 Å². The molecule has 0 saturated carbocycles. The molecule has 1 aliphatic rings. The average molecular weight is 605 g/mol. The quantitative estimate of drug-likeness (QED) is 0.249. The molecule has 1 aromatic heterocycles. The highest BCUT2D eigenvalue weighted by atomic mass is 35.5. The highest BCUT2D eigenvalue weighted by molar-refractivity contribution is 7.07. The molecule has 1 aliphatic heterocycles. The maximum absolute atomic E-state index is 14.0. The zero-order valence-electron chi connectivity index (χ0n) is 23.5. The predicted octanol–water partition coefficient (Wildman–Crippen LogP) is 5.05. The van der Waals surface area contributed by atoms with E-state index in [2.05, 4.69) is 4.99 Å². The van der Waals surface area contributed by atoms with Crippen LogP contribution in [0, 0.1) is 0 Å². The van der Waals surface area contributed by atoms with Gasteiger partial charge >= 0.3 is 5.97 Å². The van der Waals surface area contributed by atoms with E-state index in [1.54, 1.807) is 45.2 Å². The van der Waals surface area contributed by atoms with Gasteiger partial charge in [0.25, 0.3) is 5.56 Å². The number of nitrogens with zero attached hydrogens (tertiary/aromatic N) is 2. The van der Waals surface area contributed by atoms with Crippen molar-refractivity contribution in [2.75, 3.05) is 20.8 Å². The first-order valence-electron chi connectivity index (χ1n) is 13.2. The van der Waals surface area contributed by atoms with Gasteiger partial charge in [-0.1, -0.05) is 47.2 Å². The number of benzene rings is 3. The molecule has 0 N–H and O–H groups in total. The van der Waals surface area contributed by atoms with E-state index in [1.807, 2.05) is 48.5 Å². The van der Waals surface area contributed by atoms with Crippen molar-refractivity contribution in [3.8, 4) is 17.2 Å². The molecule has 0 amide bonds. The standard InChI is InChI=1S/C32H29ClN2O6S/c1-5-40-31(37)28-19(2)34-32-35(29(28)25-17-23(38-3)13-14-26(25)39-4)30(36)27(42-32)16-21-7-6-8-24(15-21)41-18-20-9-11-22(33)12-10-20/h6-17,29H,5,18H2,1-4H3/b27-16-/t29-/m1/s1. The largest absolute Gasteiger partial charge is 0.497 e. The molecule has 10 heteroatoms. The SMILES string of the molecule is CCOC(=O)C1=C(C)N=c2s/c(=C\c3cccc(OCc4ccc(Cl)cc4)c3)c(=O)n2[C@@H]1c1cc(OC)ccc1OC. The fraction of sp³-hybridized carbons (Fsp3) is 0.219. The van der Waals surface area contributed by atoms with E-state index in [1.165, 1.54) is 23.0 Å². The van der Waals surface area contributed by atoms with Crippen molar-refractivity contribution in [2.45, 2.75) is 26.5 Å². The summed E-state index contributed by atoms with van der Waals surface area (Å²) in [4.78, 5) is 32.3. The number of ether oxygens (including phenoxy) is 4. The van der Waals surface area contributed by atoms with Crippen molar-refractivity contribution in [2.24, 2.45) is 4.99 Å². The van der Waals surface area contributed by atoms with Crippen LogP contribution in [0.2, 0.25) is 5.02 Å². The number of hydrogen-bond donors (Lipinski definition) is 0. The van der Waals surface area contributed by atoms with E-state index >= 15 is 0 Å². The summed E-state index contributed by atoms with van der Waals surface area (Å²) in [5.41, 5.74) is 2.79. The third-order valence-corrected chi connectivity index (χ3v) is 7.96. The van der Waals surface area contributed by atoms with Crippen molar-refractivity contribution in [1.82, 2.24) is 4.57 Å². The van der Waals surface area contributed by atoms with Crippen LogP contribution >= 0.6 is 22.9 Å². The van der Waals surface area contributed by atoms with Gasteiger partial charge in [-0.2, -0.15) is 0 Å². The molecule has 0 unspecified atom stereocenters. The van der Waals surface area contributed by atoms with Gasteiger partial charge in [-0.15, -0.1) is 0 Å². The molecule has 0 aliphatic carbocycles. The third kappa shape index (κ3) is 5.98. The summed E-state index contributed by atoms with van der Waals surface area (Å²) in [6.07, 6.45) is 1.79. The normalized spacial score (nSPS) is 14.7. The second-order valence-electron chi connectivity index (χ2n) is 9.40. The molecule has 1 atom stereocenters. The van der Waals surface area contributed by atoms with Gasteiger partial charge in [-0.05, 0) is 73.5 Å². The van der Waals surface area contributed by atoms with Crippen LogP contribution in [-0.4, -0.2) is 31.4 Å². The molecule has 8 nitrogen and oxygen atoms in total. The van der Waals surface area contributed by atoms with Crippen LogP contribution in [0.3, 0.4) is 0 Å². The van der Waals surface area contributed by atoms with Crippen LogP contribution in [0.5, 0.6) is 17.2 Å². The van der Waals surface area contributed by atoms with Crippen LogP contribution in [0.4, 0.5) is 0 Å². The van der Waals surface area contributed by atoms with E-state index in [0.29, 0.717) is 49.5 Å². The monoisotopic (exact) mass is 604 g/mol. The summed E-state index contributed by atoms with van der Waals surface area (Å²) in [6.45, 7) is 4.03. The Balaban J connectivity index is 1.59. The molecule has 42 heavy (non-hydrogen) atoms. The Labute approximate surface area is 251 Å².